The molecule has 130 valence electrons. The van der Waals surface area contributed by atoms with Crippen LogP contribution in [0.3, 0.4) is 0 Å². The van der Waals surface area contributed by atoms with E-state index in [0.717, 1.165) is 19.5 Å². The van der Waals surface area contributed by atoms with Crippen molar-refractivity contribution in [3.8, 4) is 0 Å². The number of nitrogens with zero attached hydrogens (tertiary/aromatic N) is 4. The molecule has 1 saturated heterocycles. The van der Waals surface area contributed by atoms with Gasteiger partial charge in [-0.3, -0.25) is 9.58 Å². The zero-order valence-corrected chi connectivity index (χ0v) is 15.3. The van der Waals surface area contributed by atoms with Gasteiger partial charge in [-0.2, -0.15) is 5.10 Å². The summed E-state index contributed by atoms with van der Waals surface area (Å²) in [4.78, 5) is 5.15. The van der Waals surface area contributed by atoms with E-state index >= 15 is 0 Å². The van der Waals surface area contributed by atoms with Gasteiger partial charge in [0, 0.05) is 44.0 Å². The van der Waals surface area contributed by atoms with Crippen LogP contribution in [0.2, 0.25) is 0 Å². The Balaban J connectivity index is 1.52. The second kappa shape index (κ2) is 7.95. The van der Waals surface area contributed by atoms with E-state index in [1.165, 1.54) is 42.8 Å². The first kappa shape index (κ1) is 17.2. The van der Waals surface area contributed by atoms with E-state index in [9.17, 15) is 0 Å². The largest absolute Gasteiger partial charge is 0.302 e. The van der Waals surface area contributed by atoms with Gasteiger partial charge in [0.05, 0.1) is 6.20 Å². The van der Waals surface area contributed by atoms with Gasteiger partial charge in [-0.25, -0.2) is 0 Å². The average Bonchev–Trinajstić information content (AvgIpc) is 2.93. The summed E-state index contributed by atoms with van der Waals surface area (Å²) >= 11 is 0. The van der Waals surface area contributed by atoms with Crippen molar-refractivity contribution in [2.24, 2.45) is 7.05 Å². The Bertz CT molecular complexity index is 634. The number of benzene rings is 1. The molecule has 0 bridgehead atoms. The number of hydrogen-bond donors (Lipinski definition) is 0. The number of piperidine rings is 1. The highest BCUT2D eigenvalue weighted by Crippen LogP contribution is 2.18. The van der Waals surface area contributed by atoms with Gasteiger partial charge in [-0.15, -0.1) is 0 Å². The third-order valence-electron chi connectivity index (χ3n) is 5.43. The van der Waals surface area contributed by atoms with E-state index in [0.29, 0.717) is 6.04 Å². The zero-order chi connectivity index (χ0) is 16.9. The maximum Gasteiger partial charge on any atom is 0.0537 e. The molecule has 1 fully saturated rings. The number of aryl methyl sites for hydroxylation is 1. The monoisotopic (exact) mass is 326 g/mol. The average molecular weight is 326 g/mol. The molecule has 1 aliphatic heterocycles. The van der Waals surface area contributed by atoms with Crippen LogP contribution >= 0.6 is 0 Å². The molecule has 0 spiro atoms. The molecule has 0 saturated carbocycles. The third kappa shape index (κ3) is 4.25. The summed E-state index contributed by atoms with van der Waals surface area (Å²) in [6, 6.07) is 11.5. The molecule has 3 rings (SSSR count). The standard InChI is InChI=1S/C20H30N4/c1-17-19(14-21-23(17)3)15-24-12-7-10-20(16-24)22(2)13-11-18-8-5-4-6-9-18/h4-6,8-9,14,20H,7,10-13,15-16H2,1-3H3. The minimum atomic E-state index is 0.666. The molecule has 1 aromatic heterocycles. The van der Waals surface area contributed by atoms with Gasteiger partial charge < -0.3 is 4.90 Å². The summed E-state index contributed by atoms with van der Waals surface area (Å²) in [7, 11) is 4.31. The van der Waals surface area contributed by atoms with E-state index in [4.69, 9.17) is 0 Å². The molecule has 0 aliphatic carbocycles. The maximum absolute atomic E-state index is 4.38. The molecule has 0 amide bonds. The molecule has 1 atom stereocenters. The number of hydrogen-bond acceptors (Lipinski definition) is 3. The molecule has 2 heterocycles. The number of aromatic nitrogens is 2. The predicted octanol–water partition coefficient (Wildman–Crippen LogP) is 2.87. The first-order valence-electron chi connectivity index (χ1n) is 9.07. The van der Waals surface area contributed by atoms with E-state index in [2.05, 4.69) is 59.2 Å². The van der Waals surface area contributed by atoms with Crippen molar-refractivity contribution < 1.29 is 0 Å². The lowest BCUT2D eigenvalue weighted by molar-refractivity contribution is 0.112. The third-order valence-corrected chi connectivity index (χ3v) is 5.43. The highest BCUT2D eigenvalue weighted by Gasteiger charge is 2.23. The summed E-state index contributed by atoms with van der Waals surface area (Å²) in [6.07, 6.45) is 5.76. The van der Waals surface area contributed by atoms with Crippen LogP contribution in [0.4, 0.5) is 0 Å². The summed E-state index contributed by atoms with van der Waals surface area (Å²) in [5.41, 5.74) is 4.09. The van der Waals surface area contributed by atoms with Crippen molar-refractivity contribution in [1.29, 1.82) is 0 Å². The summed E-state index contributed by atoms with van der Waals surface area (Å²) < 4.78 is 1.97. The van der Waals surface area contributed by atoms with Gasteiger partial charge in [0.1, 0.15) is 0 Å². The molecule has 4 heteroatoms. The molecule has 4 nitrogen and oxygen atoms in total. The Morgan fingerprint density at radius 1 is 1.25 bits per heavy atom. The van der Waals surface area contributed by atoms with Crippen molar-refractivity contribution in [3.05, 3.63) is 53.3 Å². The summed E-state index contributed by atoms with van der Waals surface area (Å²) in [6.45, 7) is 6.70. The molecule has 0 radical (unpaired) electrons. The van der Waals surface area contributed by atoms with Crippen LogP contribution in [-0.2, 0) is 20.0 Å². The van der Waals surface area contributed by atoms with Gasteiger partial charge in [0.25, 0.3) is 0 Å². The maximum atomic E-state index is 4.38. The zero-order valence-electron chi connectivity index (χ0n) is 15.3. The highest BCUT2D eigenvalue weighted by molar-refractivity contribution is 5.16. The number of likely N-dealkylation sites (tertiary alicyclic amines) is 1. The van der Waals surface area contributed by atoms with E-state index in [1.54, 1.807) is 0 Å². The minimum absolute atomic E-state index is 0.666. The normalized spacial score (nSPS) is 19.1. The fraction of sp³-hybridized carbons (Fsp3) is 0.550. The molecular weight excluding hydrogens is 296 g/mol. The Labute approximate surface area is 146 Å². The summed E-state index contributed by atoms with van der Waals surface area (Å²) in [5, 5.41) is 4.38. The smallest absolute Gasteiger partial charge is 0.0537 e. The molecule has 1 unspecified atom stereocenters. The lowest BCUT2D eigenvalue weighted by Gasteiger charge is -2.37. The topological polar surface area (TPSA) is 24.3 Å². The predicted molar refractivity (Wildman–Crippen MR) is 99.0 cm³/mol. The molecular formula is C20H30N4. The first-order chi connectivity index (χ1) is 11.6. The Kier molecular flexibility index (Phi) is 5.69. The fourth-order valence-electron chi connectivity index (χ4n) is 3.61. The first-order valence-corrected chi connectivity index (χ1v) is 9.07. The van der Waals surface area contributed by atoms with Gasteiger partial charge in [0.2, 0.25) is 0 Å². The van der Waals surface area contributed by atoms with Crippen LogP contribution in [0.15, 0.2) is 36.5 Å². The van der Waals surface area contributed by atoms with Crippen LogP contribution in [0.25, 0.3) is 0 Å². The van der Waals surface area contributed by atoms with Gasteiger partial charge in [-0.1, -0.05) is 30.3 Å². The molecule has 0 N–H and O–H groups in total. The van der Waals surface area contributed by atoms with Crippen molar-refractivity contribution in [2.45, 2.75) is 38.8 Å². The van der Waals surface area contributed by atoms with Gasteiger partial charge in [0.15, 0.2) is 0 Å². The lowest BCUT2D eigenvalue weighted by atomic mass is 10.0. The van der Waals surface area contributed by atoms with E-state index in [-0.39, 0.29) is 0 Å². The van der Waals surface area contributed by atoms with Crippen LogP contribution in [0, 0.1) is 6.92 Å². The SMILES string of the molecule is Cc1c(CN2CCCC(N(C)CCc3ccccc3)C2)cnn1C. The highest BCUT2D eigenvalue weighted by atomic mass is 15.3. The number of rotatable bonds is 6. The van der Waals surface area contributed by atoms with Crippen molar-refractivity contribution in [3.63, 3.8) is 0 Å². The van der Waals surface area contributed by atoms with Crippen LogP contribution < -0.4 is 0 Å². The lowest BCUT2D eigenvalue weighted by Crippen LogP contribution is -2.46. The van der Waals surface area contributed by atoms with Crippen LogP contribution in [0.5, 0.6) is 0 Å². The Morgan fingerprint density at radius 3 is 2.75 bits per heavy atom. The molecule has 2 aromatic rings. The quantitative estimate of drug-likeness (QED) is 0.816. The van der Waals surface area contributed by atoms with Gasteiger partial charge in [-0.05, 0) is 45.3 Å². The van der Waals surface area contributed by atoms with Crippen molar-refractivity contribution in [2.75, 3.05) is 26.7 Å². The second-order valence-corrected chi connectivity index (χ2v) is 7.13. The van der Waals surface area contributed by atoms with E-state index in [1.807, 2.05) is 17.9 Å². The fourth-order valence-corrected chi connectivity index (χ4v) is 3.61. The number of likely N-dealkylation sites (N-methyl/N-ethyl adjacent to an activating group) is 1. The minimum Gasteiger partial charge on any atom is -0.302 e. The second-order valence-electron chi connectivity index (χ2n) is 7.13. The van der Waals surface area contributed by atoms with E-state index < -0.39 is 0 Å². The molecule has 1 aliphatic rings. The van der Waals surface area contributed by atoms with Gasteiger partial charge >= 0.3 is 0 Å². The van der Waals surface area contributed by atoms with Crippen molar-refractivity contribution in [1.82, 2.24) is 19.6 Å². The molecule has 1 aromatic carbocycles. The molecule has 24 heavy (non-hydrogen) atoms. The van der Waals surface area contributed by atoms with Crippen LogP contribution in [-0.4, -0.2) is 52.3 Å². The van der Waals surface area contributed by atoms with Crippen LogP contribution in [0.1, 0.15) is 29.7 Å². The Hall–Kier alpha value is -1.65. The summed E-state index contributed by atoms with van der Waals surface area (Å²) in [5.74, 6) is 0. The van der Waals surface area contributed by atoms with Crippen molar-refractivity contribution >= 4 is 0 Å². The Morgan fingerprint density at radius 2 is 2.04 bits per heavy atom.